The zero-order valence-electron chi connectivity index (χ0n) is 13.1. The molecule has 2 aliphatic rings. The van der Waals surface area contributed by atoms with Crippen LogP contribution in [-0.4, -0.2) is 53.2 Å². The predicted molar refractivity (Wildman–Crippen MR) is 88.8 cm³/mol. The first-order chi connectivity index (χ1) is 10.3. The summed E-state index contributed by atoms with van der Waals surface area (Å²) in [5, 5.41) is 9.42. The fraction of sp³-hybridized carbons (Fsp3) is 0.765. The van der Waals surface area contributed by atoms with E-state index in [4.69, 9.17) is 0 Å². The highest BCUT2D eigenvalue weighted by atomic mass is 32.1. The molecule has 0 amide bonds. The molecule has 0 spiro atoms. The second kappa shape index (κ2) is 7.23. The van der Waals surface area contributed by atoms with Crippen LogP contribution in [0.1, 0.15) is 41.9 Å². The first-order valence-corrected chi connectivity index (χ1v) is 9.22. The Morgan fingerprint density at radius 3 is 2.71 bits per heavy atom. The molecule has 3 rings (SSSR count). The SMILES string of the molecule is Cc1ccc(CN2CCN(C3CCCC3)[C@@H](CCO)C2)s1. The molecule has 4 heteroatoms. The molecule has 1 N–H and O–H groups in total. The molecule has 1 aromatic rings. The van der Waals surface area contributed by atoms with E-state index >= 15 is 0 Å². The van der Waals surface area contributed by atoms with E-state index < -0.39 is 0 Å². The van der Waals surface area contributed by atoms with Gasteiger partial charge in [0.1, 0.15) is 0 Å². The fourth-order valence-corrected chi connectivity index (χ4v) is 4.92. The smallest absolute Gasteiger partial charge is 0.0446 e. The van der Waals surface area contributed by atoms with Crippen LogP contribution >= 0.6 is 11.3 Å². The van der Waals surface area contributed by atoms with Gasteiger partial charge >= 0.3 is 0 Å². The second-order valence-corrected chi connectivity index (χ2v) is 7.96. The number of rotatable bonds is 5. The summed E-state index contributed by atoms with van der Waals surface area (Å²) in [6.45, 7) is 7.06. The highest BCUT2D eigenvalue weighted by molar-refractivity contribution is 7.11. The van der Waals surface area contributed by atoms with Crippen molar-refractivity contribution in [2.75, 3.05) is 26.2 Å². The van der Waals surface area contributed by atoms with E-state index in [1.807, 2.05) is 11.3 Å². The molecule has 3 nitrogen and oxygen atoms in total. The van der Waals surface area contributed by atoms with Crippen molar-refractivity contribution in [1.29, 1.82) is 0 Å². The largest absolute Gasteiger partial charge is 0.396 e. The van der Waals surface area contributed by atoms with E-state index in [-0.39, 0.29) is 0 Å². The molecule has 1 atom stereocenters. The Bertz CT molecular complexity index is 442. The quantitative estimate of drug-likeness (QED) is 0.906. The van der Waals surface area contributed by atoms with Gasteiger partial charge in [0.25, 0.3) is 0 Å². The maximum atomic E-state index is 9.42. The summed E-state index contributed by atoms with van der Waals surface area (Å²) in [5.41, 5.74) is 0. The lowest BCUT2D eigenvalue weighted by Gasteiger charge is -2.44. The highest BCUT2D eigenvalue weighted by Gasteiger charge is 2.32. The summed E-state index contributed by atoms with van der Waals surface area (Å²) >= 11 is 1.92. The van der Waals surface area contributed by atoms with Crippen molar-refractivity contribution >= 4 is 11.3 Å². The van der Waals surface area contributed by atoms with Gasteiger partial charge in [0, 0.05) is 54.6 Å². The molecule has 21 heavy (non-hydrogen) atoms. The van der Waals surface area contributed by atoms with E-state index in [2.05, 4.69) is 28.9 Å². The normalized spacial score (nSPS) is 25.7. The predicted octanol–water partition coefficient (Wildman–Crippen LogP) is 2.87. The van der Waals surface area contributed by atoms with Crippen molar-refractivity contribution in [3.63, 3.8) is 0 Å². The van der Waals surface area contributed by atoms with E-state index in [1.165, 1.54) is 48.5 Å². The third-order valence-corrected chi connectivity index (χ3v) is 6.03. The number of thiophene rings is 1. The Hall–Kier alpha value is -0.420. The van der Waals surface area contributed by atoms with Gasteiger partial charge in [0.05, 0.1) is 0 Å². The van der Waals surface area contributed by atoms with Crippen molar-refractivity contribution in [3.8, 4) is 0 Å². The lowest BCUT2D eigenvalue weighted by Crippen LogP contribution is -2.55. The minimum absolute atomic E-state index is 0.319. The molecule has 1 aliphatic heterocycles. The Kier molecular flexibility index (Phi) is 5.33. The van der Waals surface area contributed by atoms with Crippen LogP contribution in [0.4, 0.5) is 0 Å². The van der Waals surface area contributed by atoms with E-state index in [1.54, 1.807) is 0 Å². The molecule has 0 bridgehead atoms. The number of piperazine rings is 1. The summed E-state index contributed by atoms with van der Waals surface area (Å²) in [7, 11) is 0. The molecule has 1 saturated heterocycles. The van der Waals surface area contributed by atoms with Gasteiger partial charge < -0.3 is 5.11 Å². The lowest BCUT2D eigenvalue weighted by molar-refractivity contribution is 0.0271. The van der Waals surface area contributed by atoms with Gasteiger partial charge in [-0.3, -0.25) is 9.80 Å². The molecule has 0 aromatic carbocycles. The van der Waals surface area contributed by atoms with Crippen LogP contribution in [0.15, 0.2) is 12.1 Å². The monoisotopic (exact) mass is 308 g/mol. The minimum Gasteiger partial charge on any atom is -0.396 e. The van der Waals surface area contributed by atoms with Crippen LogP contribution in [0.25, 0.3) is 0 Å². The third-order valence-electron chi connectivity index (χ3n) is 5.04. The Labute approximate surface area is 132 Å². The van der Waals surface area contributed by atoms with Crippen molar-refractivity contribution < 1.29 is 5.11 Å². The van der Waals surface area contributed by atoms with Crippen LogP contribution in [0.5, 0.6) is 0 Å². The molecule has 2 fully saturated rings. The van der Waals surface area contributed by atoms with Crippen LogP contribution < -0.4 is 0 Å². The van der Waals surface area contributed by atoms with E-state index in [0.29, 0.717) is 12.6 Å². The van der Waals surface area contributed by atoms with Gasteiger partial charge in [-0.05, 0) is 38.3 Å². The number of nitrogens with zero attached hydrogens (tertiary/aromatic N) is 2. The second-order valence-electron chi connectivity index (χ2n) is 6.59. The standard InChI is InChI=1S/C17H28N2OS/c1-14-6-7-17(21-14)13-18-9-10-19(15-4-2-3-5-15)16(12-18)8-11-20/h6-7,15-16,20H,2-5,8-13H2,1H3/t16-/m0/s1. The topological polar surface area (TPSA) is 26.7 Å². The summed E-state index contributed by atoms with van der Waals surface area (Å²) in [6, 6.07) is 5.82. The van der Waals surface area contributed by atoms with Crippen LogP contribution in [-0.2, 0) is 6.54 Å². The number of hydrogen-bond acceptors (Lipinski definition) is 4. The van der Waals surface area contributed by atoms with Crippen molar-refractivity contribution in [2.24, 2.45) is 0 Å². The van der Waals surface area contributed by atoms with Crippen LogP contribution in [0, 0.1) is 6.92 Å². The average molecular weight is 308 g/mol. The van der Waals surface area contributed by atoms with Crippen molar-refractivity contribution in [2.45, 2.75) is 57.7 Å². The zero-order valence-corrected chi connectivity index (χ0v) is 13.9. The number of aliphatic hydroxyl groups excluding tert-OH is 1. The molecular weight excluding hydrogens is 280 g/mol. The fourth-order valence-electron chi connectivity index (χ4n) is 3.99. The summed E-state index contributed by atoms with van der Waals surface area (Å²) in [5.74, 6) is 0. The number of aliphatic hydroxyl groups is 1. The maximum absolute atomic E-state index is 9.42. The Balaban J connectivity index is 1.60. The van der Waals surface area contributed by atoms with Crippen LogP contribution in [0.2, 0.25) is 0 Å². The highest BCUT2D eigenvalue weighted by Crippen LogP contribution is 2.28. The average Bonchev–Trinajstić information content (AvgIpc) is 3.12. The van der Waals surface area contributed by atoms with Crippen molar-refractivity contribution in [3.05, 3.63) is 21.9 Å². The lowest BCUT2D eigenvalue weighted by atomic mass is 10.0. The van der Waals surface area contributed by atoms with Gasteiger partial charge in [-0.15, -0.1) is 11.3 Å². The third kappa shape index (κ3) is 3.86. The molecule has 2 heterocycles. The van der Waals surface area contributed by atoms with E-state index in [9.17, 15) is 5.11 Å². The molecule has 1 aliphatic carbocycles. The Morgan fingerprint density at radius 2 is 2.05 bits per heavy atom. The Morgan fingerprint density at radius 1 is 1.24 bits per heavy atom. The molecule has 0 unspecified atom stereocenters. The van der Waals surface area contributed by atoms with Gasteiger partial charge in [-0.1, -0.05) is 12.8 Å². The van der Waals surface area contributed by atoms with Gasteiger partial charge in [-0.25, -0.2) is 0 Å². The maximum Gasteiger partial charge on any atom is 0.0446 e. The van der Waals surface area contributed by atoms with Crippen molar-refractivity contribution in [1.82, 2.24) is 9.80 Å². The number of aryl methyl sites for hydroxylation is 1. The molecule has 0 radical (unpaired) electrons. The van der Waals surface area contributed by atoms with Crippen LogP contribution in [0.3, 0.4) is 0 Å². The molecular formula is C17H28N2OS. The van der Waals surface area contributed by atoms with Gasteiger partial charge in [0.15, 0.2) is 0 Å². The van der Waals surface area contributed by atoms with E-state index in [0.717, 1.165) is 25.6 Å². The molecule has 1 aromatic heterocycles. The summed E-state index contributed by atoms with van der Waals surface area (Å²) in [4.78, 5) is 8.17. The number of hydrogen-bond donors (Lipinski definition) is 1. The molecule has 118 valence electrons. The van der Waals surface area contributed by atoms with Gasteiger partial charge in [0.2, 0.25) is 0 Å². The first kappa shape index (κ1) is 15.5. The minimum atomic E-state index is 0.319. The first-order valence-electron chi connectivity index (χ1n) is 8.40. The summed E-state index contributed by atoms with van der Waals surface area (Å²) < 4.78 is 0. The zero-order chi connectivity index (χ0) is 14.7. The van der Waals surface area contributed by atoms with Gasteiger partial charge in [-0.2, -0.15) is 0 Å². The summed E-state index contributed by atoms with van der Waals surface area (Å²) in [6.07, 6.45) is 6.45. The molecule has 1 saturated carbocycles.